The molecule has 2 aromatic rings. The second-order valence-corrected chi connectivity index (χ2v) is 4.76. The number of nitrogens with two attached hydrogens (primary N) is 1. The van der Waals surface area contributed by atoms with E-state index in [1.165, 1.54) is 11.1 Å². The minimum absolute atomic E-state index is 0.406. The largest absolute Gasteiger partial charge is 0.330 e. The fourth-order valence-corrected chi connectivity index (χ4v) is 2.35. The van der Waals surface area contributed by atoms with Gasteiger partial charge in [-0.3, -0.25) is 4.98 Å². The highest BCUT2D eigenvalue weighted by Crippen LogP contribution is 2.28. The van der Waals surface area contributed by atoms with Crippen LogP contribution < -0.4 is 5.73 Å². The second kappa shape index (κ2) is 6.31. The quantitative estimate of drug-likeness (QED) is 0.870. The van der Waals surface area contributed by atoms with Gasteiger partial charge in [0, 0.05) is 12.4 Å². The van der Waals surface area contributed by atoms with Crippen LogP contribution in [0.3, 0.4) is 0 Å². The van der Waals surface area contributed by atoms with Crippen LogP contribution in [0.5, 0.6) is 0 Å². The highest BCUT2D eigenvalue weighted by Gasteiger charge is 2.14. The SMILES string of the molecule is C[C@H](C[C@@H](CN)c1ccncc1)c1ccccc1. The second-order valence-electron chi connectivity index (χ2n) is 4.76. The Kier molecular flexibility index (Phi) is 4.48. The summed E-state index contributed by atoms with van der Waals surface area (Å²) < 4.78 is 0. The van der Waals surface area contributed by atoms with E-state index in [4.69, 9.17) is 5.73 Å². The molecule has 0 aliphatic carbocycles. The zero-order valence-corrected chi connectivity index (χ0v) is 10.8. The van der Waals surface area contributed by atoms with E-state index in [1.54, 1.807) is 0 Å². The molecular weight excluding hydrogens is 220 g/mol. The third kappa shape index (κ3) is 3.17. The molecule has 18 heavy (non-hydrogen) atoms. The summed E-state index contributed by atoms with van der Waals surface area (Å²) in [5.41, 5.74) is 8.58. The predicted molar refractivity (Wildman–Crippen MR) is 75.5 cm³/mol. The van der Waals surface area contributed by atoms with Crippen LogP contribution in [0.2, 0.25) is 0 Å². The van der Waals surface area contributed by atoms with E-state index in [0.717, 1.165) is 6.42 Å². The van der Waals surface area contributed by atoms with Crippen molar-refractivity contribution in [3.63, 3.8) is 0 Å². The van der Waals surface area contributed by atoms with Crippen molar-refractivity contribution in [3.8, 4) is 0 Å². The normalized spacial score (nSPS) is 14.1. The molecule has 0 amide bonds. The molecule has 94 valence electrons. The maximum Gasteiger partial charge on any atom is 0.0270 e. The lowest BCUT2D eigenvalue weighted by molar-refractivity contribution is 0.564. The molecule has 0 bridgehead atoms. The predicted octanol–water partition coefficient (Wildman–Crippen LogP) is 3.32. The summed E-state index contributed by atoms with van der Waals surface area (Å²) in [6, 6.07) is 14.7. The van der Waals surface area contributed by atoms with Gasteiger partial charge in [-0.05, 0) is 48.1 Å². The Bertz CT molecular complexity index is 453. The van der Waals surface area contributed by atoms with Crippen LogP contribution in [0, 0.1) is 0 Å². The van der Waals surface area contributed by atoms with Crippen molar-refractivity contribution in [2.24, 2.45) is 5.73 Å². The van der Waals surface area contributed by atoms with E-state index in [2.05, 4.69) is 54.4 Å². The summed E-state index contributed by atoms with van der Waals surface area (Å²) in [5.74, 6) is 0.927. The van der Waals surface area contributed by atoms with Crippen molar-refractivity contribution in [3.05, 3.63) is 66.0 Å². The average molecular weight is 240 g/mol. The number of nitrogens with zero attached hydrogens (tertiary/aromatic N) is 1. The van der Waals surface area contributed by atoms with Gasteiger partial charge in [-0.2, -0.15) is 0 Å². The monoisotopic (exact) mass is 240 g/mol. The minimum atomic E-state index is 0.406. The number of hydrogen-bond donors (Lipinski definition) is 1. The van der Waals surface area contributed by atoms with Gasteiger partial charge in [0.15, 0.2) is 0 Å². The molecule has 0 aliphatic rings. The number of benzene rings is 1. The Hall–Kier alpha value is -1.67. The van der Waals surface area contributed by atoms with Crippen molar-refractivity contribution >= 4 is 0 Å². The van der Waals surface area contributed by atoms with Gasteiger partial charge in [0.1, 0.15) is 0 Å². The van der Waals surface area contributed by atoms with Crippen LogP contribution in [0.25, 0.3) is 0 Å². The molecule has 2 heteroatoms. The fraction of sp³-hybridized carbons (Fsp3) is 0.312. The molecule has 0 spiro atoms. The van der Waals surface area contributed by atoms with Crippen molar-refractivity contribution in [2.75, 3.05) is 6.54 Å². The van der Waals surface area contributed by atoms with Gasteiger partial charge in [-0.1, -0.05) is 37.3 Å². The van der Waals surface area contributed by atoms with Gasteiger partial charge in [0.2, 0.25) is 0 Å². The summed E-state index contributed by atoms with van der Waals surface area (Å²) in [5, 5.41) is 0. The minimum Gasteiger partial charge on any atom is -0.330 e. The van der Waals surface area contributed by atoms with E-state index >= 15 is 0 Å². The Balaban J connectivity index is 2.07. The average Bonchev–Trinajstić information content (AvgIpc) is 2.46. The first kappa shape index (κ1) is 12.8. The third-order valence-corrected chi connectivity index (χ3v) is 3.47. The molecule has 2 atom stereocenters. The first-order valence-corrected chi connectivity index (χ1v) is 6.46. The molecule has 2 N–H and O–H groups in total. The lowest BCUT2D eigenvalue weighted by Gasteiger charge is -2.20. The van der Waals surface area contributed by atoms with Crippen LogP contribution in [0.4, 0.5) is 0 Å². The van der Waals surface area contributed by atoms with Crippen molar-refractivity contribution < 1.29 is 0 Å². The lowest BCUT2D eigenvalue weighted by Crippen LogP contribution is -2.15. The Morgan fingerprint density at radius 1 is 1.00 bits per heavy atom. The fourth-order valence-electron chi connectivity index (χ4n) is 2.35. The molecule has 1 aromatic heterocycles. The van der Waals surface area contributed by atoms with Crippen LogP contribution in [-0.4, -0.2) is 11.5 Å². The molecular formula is C16H20N2. The Labute approximate surface area is 109 Å². The molecule has 0 saturated heterocycles. The van der Waals surface area contributed by atoms with E-state index in [9.17, 15) is 0 Å². The Morgan fingerprint density at radius 3 is 2.28 bits per heavy atom. The highest BCUT2D eigenvalue weighted by atomic mass is 14.6. The lowest BCUT2D eigenvalue weighted by atomic mass is 9.86. The maximum absolute atomic E-state index is 5.91. The van der Waals surface area contributed by atoms with Crippen molar-refractivity contribution in [1.29, 1.82) is 0 Å². The van der Waals surface area contributed by atoms with E-state index < -0.39 is 0 Å². The summed E-state index contributed by atoms with van der Waals surface area (Å²) in [4.78, 5) is 4.06. The molecule has 2 nitrogen and oxygen atoms in total. The molecule has 2 rings (SSSR count). The maximum atomic E-state index is 5.91. The van der Waals surface area contributed by atoms with Crippen molar-refractivity contribution in [2.45, 2.75) is 25.2 Å². The summed E-state index contributed by atoms with van der Waals surface area (Å²) in [6.45, 7) is 2.94. The van der Waals surface area contributed by atoms with Crippen LogP contribution in [0.15, 0.2) is 54.9 Å². The van der Waals surface area contributed by atoms with Gasteiger partial charge < -0.3 is 5.73 Å². The molecule has 1 heterocycles. The zero-order valence-electron chi connectivity index (χ0n) is 10.8. The summed E-state index contributed by atoms with van der Waals surface area (Å²) >= 11 is 0. The standard InChI is InChI=1S/C16H20N2/c1-13(14-5-3-2-4-6-14)11-16(12-17)15-7-9-18-10-8-15/h2-10,13,16H,11-12,17H2,1H3/t13-,16+/m1/s1. The first-order valence-electron chi connectivity index (χ1n) is 6.46. The van der Waals surface area contributed by atoms with Gasteiger partial charge in [-0.15, -0.1) is 0 Å². The van der Waals surface area contributed by atoms with Gasteiger partial charge in [0.25, 0.3) is 0 Å². The van der Waals surface area contributed by atoms with E-state index in [0.29, 0.717) is 18.4 Å². The number of hydrogen-bond acceptors (Lipinski definition) is 2. The number of rotatable bonds is 5. The Morgan fingerprint density at radius 2 is 1.67 bits per heavy atom. The summed E-state index contributed by atoms with van der Waals surface area (Å²) in [6.07, 6.45) is 4.75. The van der Waals surface area contributed by atoms with Gasteiger partial charge >= 0.3 is 0 Å². The van der Waals surface area contributed by atoms with Gasteiger partial charge in [0.05, 0.1) is 0 Å². The number of aromatic nitrogens is 1. The van der Waals surface area contributed by atoms with Crippen LogP contribution in [-0.2, 0) is 0 Å². The zero-order chi connectivity index (χ0) is 12.8. The van der Waals surface area contributed by atoms with Crippen molar-refractivity contribution in [1.82, 2.24) is 4.98 Å². The number of pyridine rings is 1. The topological polar surface area (TPSA) is 38.9 Å². The third-order valence-electron chi connectivity index (χ3n) is 3.47. The molecule has 0 saturated carbocycles. The van der Waals surface area contributed by atoms with Crippen LogP contribution in [0.1, 0.15) is 36.3 Å². The first-order chi connectivity index (χ1) is 8.81. The molecule has 0 fully saturated rings. The highest BCUT2D eigenvalue weighted by molar-refractivity contribution is 5.22. The molecule has 0 radical (unpaired) electrons. The van der Waals surface area contributed by atoms with Gasteiger partial charge in [-0.25, -0.2) is 0 Å². The smallest absolute Gasteiger partial charge is 0.0270 e. The molecule has 1 aromatic carbocycles. The molecule has 0 unspecified atom stereocenters. The summed E-state index contributed by atoms with van der Waals surface area (Å²) in [7, 11) is 0. The van der Waals surface area contributed by atoms with Crippen LogP contribution >= 0.6 is 0 Å². The molecule has 0 aliphatic heterocycles. The van der Waals surface area contributed by atoms with E-state index in [-0.39, 0.29) is 0 Å². The van der Waals surface area contributed by atoms with E-state index in [1.807, 2.05) is 12.4 Å².